The van der Waals surface area contributed by atoms with E-state index in [1.165, 1.54) is 0 Å². The number of ether oxygens (including phenoxy) is 1. The van der Waals surface area contributed by atoms with Crippen molar-refractivity contribution in [3.05, 3.63) is 0 Å². The van der Waals surface area contributed by atoms with Crippen molar-refractivity contribution in [3.8, 4) is 0 Å². The second-order valence-corrected chi connectivity index (χ2v) is 1.78. The first-order chi connectivity index (χ1) is 2.77. The molecule has 0 aliphatic carbocycles. The molecule has 0 aliphatic heterocycles. The van der Waals surface area contributed by atoms with E-state index >= 15 is 0 Å². The molecule has 0 rings (SSSR count). The summed E-state index contributed by atoms with van der Waals surface area (Å²) in [6.07, 6.45) is 0. The molecule has 0 aromatic rings. The number of thiocarbonyl (C=S) groups is 1. The average Bonchev–Trinajstić information content (AvgIpc) is 1.35. The van der Waals surface area contributed by atoms with Gasteiger partial charge in [-0.25, -0.2) is 0 Å². The largest absolute Gasteiger partial charge is 1.00 e. The van der Waals surface area contributed by atoms with Gasteiger partial charge in [-0.2, -0.15) is 0 Å². The van der Waals surface area contributed by atoms with E-state index in [0.717, 1.165) is 0 Å². The maximum absolute atomic E-state index is 4.64. The van der Waals surface area contributed by atoms with Crippen LogP contribution in [0.3, 0.4) is 0 Å². The van der Waals surface area contributed by atoms with E-state index in [-0.39, 0.29) is 59.6 Å². The van der Waals surface area contributed by atoms with E-state index in [4.69, 9.17) is 0 Å². The van der Waals surface area contributed by atoms with Crippen molar-refractivity contribution in [2.45, 2.75) is 6.92 Å². The summed E-state index contributed by atoms with van der Waals surface area (Å²) in [7, 11) is 0. The molecule has 0 fully saturated rings. The van der Waals surface area contributed by atoms with Crippen molar-refractivity contribution in [2.24, 2.45) is 0 Å². The van der Waals surface area contributed by atoms with Gasteiger partial charge in [-0.05, 0) is 19.1 Å². The first-order valence-corrected chi connectivity index (χ1v) is 2.48. The Labute approximate surface area is 105 Å². The van der Waals surface area contributed by atoms with E-state index in [9.17, 15) is 0 Å². The van der Waals surface area contributed by atoms with E-state index in [1.807, 2.05) is 6.92 Å². The predicted octanol–water partition coefficient (Wildman–Crippen LogP) is -1.65. The average molecular weight is 209 g/mol. The van der Waals surface area contributed by atoms with Crippen molar-refractivity contribution >= 4 is 29.2 Å². The Morgan fingerprint density at radius 2 is 2.43 bits per heavy atom. The molecule has 7 heavy (non-hydrogen) atoms. The fraction of sp³-hybridized carbons (Fsp3) is 0.667. The van der Waals surface area contributed by atoms with Crippen molar-refractivity contribution < 1.29 is 64.4 Å². The summed E-state index contributed by atoms with van der Waals surface area (Å²) >= 11 is 8.12. The van der Waals surface area contributed by atoms with Gasteiger partial charge in [0, 0.05) is 0 Å². The smallest absolute Gasteiger partial charge is 1.00 e. The van der Waals surface area contributed by atoms with E-state index < -0.39 is 0 Å². The SMILES string of the molecule is CCOC(=S)S.[H-].[Rb+]. The molecular formula is C3H7ORbS2. The molecule has 1 nitrogen and oxygen atoms in total. The van der Waals surface area contributed by atoms with Gasteiger partial charge >= 0.3 is 58.2 Å². The van der Waals surface area contributed by atoms with Crippen molar-refractivity contribution in [1.82, 2.24) is 0 Å². The summed E-state index contributed by atoms with van der Waals surface area (Å²) in [5, 5.41) is 0. The Kier molecular flexibility index (Phi) is 13.6. The number of hydrogen-bond acceptors (Lipinski definition) is 2. The van der Waals surface area contributed by atoms with Crippen LogP contribution < -0.4 is 58.2 Å². The Balaban J connectivity index is -0.000000125. The summed E-state index contributed by atoms with van der Waals surface area (Å²) in [5.41, 5.74) is 0. The normalized spacial score (nSPS) is 6.57. The predicted molar refractivity (Wildman–Crippen MR) is 34.3 cm³/mol. The molecule has 0 aromatic heterocycles. The van der Waals surface area contributed by atoms with Crippen molar-refractivity contribution in [3.63, 3.8) is 0 Å². The zero-order valence-corrected chi connectivity index (χ0v) is 11.1. The Morgan fingerprint density at radius 3 is 2.43 bits per heavy atom. The minimum Gasteiger partial charge on any atom is -1.00 e. The molecule has 0 radical (unpaired) electrons. The molecule has 4 heteroatoms. The zero-order chi connectivity index (χ0) is 4.99. The summed E-state index contributed by atoms with van der Waals surface area (Å²) < 4.78 is 4.95. The molecule has 0 heterocycles. The Bertz CT molecular complexity index is 61.2. The number of thiol groups is 1. The molecule has 0 unspecified atom stereocenters. The van der Waals surface area contributed by atoms with E-state index in [0.29, 0.717) is 11.0 Å². The molecular weight excluding hydrogens is 202 g/mol. The molecule has 0 bridgehead atoms. The topological polar surface area (TPSA) is 9.23 Å². The van der Waals surface area contributed by atoms with Crippen LogP contribution in [0, 0.1) is 0 Å². The van der Waals surface area contributed by atoms with Gasteiger partial charge in [-0.3, -0.25) is 0 Å². The second kappa shape index (κ2) is 8.05. The van der Waals surface area contributed by atoms with Crippen molar-refractivity contribution in [2.75, 3.05) is 6.61 Å². The van der Waals surface area contributed by atoms with Gasteiger partial charge in [-0.1, -0.05) is 12.6 Å². The van der Waals surface area contributed by atoms with Crippen LogP contribution in [0.2, 0.25) is 0 Å². The van der Waals surface area contributed by atoms with Crippen LogP contribution in [0.15, 0.2) is 0 Å². The minimum absolute atomic E-state index is 0. The third kappa shape index (κ3) is 11.6. The van der Waals surface area contributed by atoms with Crippen LogP contribution in [0.25, 0.3) is 0 Å². The monoisotopic (exact) mass is 208 g/mol. The van der Waals surface area contributed by atoms with Crippen LogP contribution in [0.4, 0.5) is 0 Å². The molecule has 0 aliphatic rings. The Morgan fingerprint density at radius 1 is 2.00 bits per heavy atom. The van der Waals surface area contributed by atoms with Crippen LogP contribution in [0.1, 0.15) is 8.35 Å². The minimum atomic E-state index is 0. The third-order valence-corrected chi connectivity index (χ3v) is 0.515. The van der Waals surface area contributed by atoms with Gasteiger partial charge in [0.1, 0.15) is 0 Å². The van der Waals surface area contributed by atoms with Gasteiger partial charge in [0.15, 0.2) is 0 Å². The summed E-state index contributed by atoms with van der Waals surface area (Å²) in [4.78, 5) is 0. The summed E-state index contributed by atoms with van der Waals surface area (Å²) in [5.74, 6) is 0. The first-order valence-electron chi connectivity index (χ1n) is 1.63. The Hall–Kier alpha value is 2.05. The van der Waals surface area contributed by atoms with Gasteiger partial charge in [0.05, 0.1) is 6.61 Å². The van der Waals surface area contributed by atoms with Gasteiger partial charge < -0.3 is 6.16 Å². The summed E-state index contributed by atoms with van der Waals surface area (Å²) in [6, 6.07) is 0. The summed E-state index contributed by atoms with van der Waals surface area (Å²) in [6.45, 7) is 2.48. The molecule has 0 spiro atoms. The van der Waals surface area contributed by atoms with Gasteiger partial charge in [0.2, 0.25) is 4.38 Å². The number of rotatable bonds is 1. The van der Waals surface area contributed by atoms with Crippen LogP contribution in [-0.4, -0.2) is 11.0 Å². The standard InChI is InChI=1S/C3H6OS2.Rb.H/c1-2-4-3(5)6;;/h2H2,1H3,(H,5,6);;/q;+1;-1. The third-order valence-electron chi connectivity index (χ3n) is 0.268. The van der Waals surface area contributed by atoms with Crippen LogP contribution >= 0.6 is 24.8 Å². The maximum Gasteiger partial charge on any atom is 1.00 e. The van der Waals surface area contributed by atoms with E-state index in [1.54, 1.807) is 0 Å². The fourth-order valence-electron chi connectivity index (χ4n) is 0.123. The maximum atomic E-state index is 4.64. The molecule has 38 valence electrons. The van der Waals surface area contributed by atoms with E-state index in [2.05, 4.69) is 29.6 Å². The zero-order valence-electron chi connectivity index (χ0n) is 5.47. The van der Waals surface area contributed by atoms with Gasteiger partial charge in [0.25, 0.3) is 0 Å². The first kappa shape index (κ1) is 11.8. The number of hydrogen-bond donors (Lipinski definition) is 1. The van der Waals surface area contributed by atoms with Crippen LogP contribution in [0.5, 0.6) is 0 Å². The molecule has 0 N–H and O–H groups in total. The van der Waals surface area contributed by atoms with Crippen molar-refractivity contribution in [1.29, 1.82) is 0 Å². The molecule has 0 amide bonds. The quantitative estimate of drug-likeness (QED) is 0.409. The molecule has 0 aromatic carbocycles. The van der Waals surface area contributed by atoms with Gasteiger partial charge in [-0.15, -0.1) is 0 Å². The molecule has 0 saturated carbocycles. The molecule has 0 atom stereocenters. The second-order valence-electron chi connectivity index (χ2n) is 0.699. The van der Waals surface area contributed by atoms with Crippen LogP contribution in [-0.2, 0) is 4.74 Å². The fourth-order valence-corrected chi connectivity index (χ4v) is 0.370. The molecule has 0 saturated heterocycles.